The Kier molecular flexibility index (Phi) is 3.58. The minimum Gasteiger partial charge on any atom is -0.394 e. The number of amides is 2. The molecule has 0 spiro atoms. The molecule has 1 aromatic heterocycles. The number of urea groups is 1. The van der Waals surface area contributed by atoms with Crippen LogP contribution in [0.5, 0.6) is 0 Å². The van der Waals surface area contributed by atoms with Crippen molar-refractivity contribution in [3.05, 3.63) is 23.9 Å². The summed E-state index contributed by atoms with van der Waals surface area (Å²) in [5.74, 6) is 0.554. The predicted octanol–water partition coefficient (Wildman–Crippen LogP) is 1.38. The first-order chi connectivity index (χ1) is 8.20. The largest absolute Gasteiger partial charge is 0.394 e. The number of anilines is 1. The second-order valence-corrected chi connectivity index (χ2v) is 4.27. The highest BCUT2D eigenvalue weighted by Gasteiger charge is 2.28. The zero-order chi connectivity index (χ0) is 12.3. The van der Waals surface area contributed by atoms with E-state index in [1.165, 1.54) is 0 Å². The van der Waals surface area contributed by atoms with Gasteiger partial charge >= 0.3 is 6.03 Å². The number of aliphatic hydroxyl groups is 1. The van der Waals surface area contributed by atoms with E-state index in [1.54, 1.807) is 11.0 Å². The molecule has 0 saturated carbocycles. The molecule has 1 atom stereocenters. The van der Waals surface area contributed by atoms with E-state index in [9.17, 15) is 4.79 Å². The molecule has 1 aliphatic rings. The zero-order valence-electron chi connectivity index (χ0n) is 9.89. The molecule has 2 rings (SSSR count). The van der Waals surface area contributed by atoms with Crippen LogP contribution in [0.15, 0.2) is 18.2 Å². The summed E-state index contributed by atoms with van der Waals surface area (Å²) in [7, 11) is 0. The van der Waals surface area contributed by atoms with Crippen LogP contribution in [0.25, 0.3) is 0 Å². The third-order valence-electron chi connectivity index (χ3n) is 2.97. The number of rotatable bonds is 2. The van der Waals surface area contributed by atoms with Crippen molar-refractivity contribution in [2.75, 3.05) is 18.5 Å². The fraction of sp³-hybridized carbons (Fsp3) is 0.500. The number of hydrogen-bond donors (Lipinski definition) is 2. The van der Waals surface area contributed by atoms with E-state index in [0.717, 1.165) is 18.5 Å². The molecule has 0 bridgehead atoms. The summed E-state index contributed by atoms with van der Waals surface area (Å²) in [6, 6.07) is 5.25. The molecule has 0 aliphatic carbocycles. The standard InChI is InChI=1S/C12H17N3O2/c1-9-4-2-6-11(13-9)14-12(17)15-7-3-5-10(15)8-16/h2,4,6,10,16H,3,5,7-8H2,1H3,(H,13,14,17)/t10-/m0/s1. The second-order valence-electron chi connectivity index (χ2n) is 4.27. The summed E-state index contributed by atoms with van der Waals surface area (Å²) >= 11 is 0. The summed E-state index contributed by atoms with van der Waals surface area (Å²) < 4.78 is 0. The van der Waals surface area contributed by atoms with Crippen molar-refractivity contribution >= 4 is 11.8 Å². The lowest BCUT2D eigenvalue weighted by Gasteiger charge is -2.23. The number of aliphatic hydroxyl groups excluding tert-OH is 1. The summed E-state index contributed by atoms with van der Waals surface area (Å²) in [4.78, 5) is 17.8. The topological polar surface area (TPSA) is 65.5 Å². The molecule has 1 aromatic rings. The Balaban J connectivity index is 2.01. The lowest BCUT2D eigenvalue weighted by molar-refractivity contribution is 0.166. The highest BCUT2D eigenvalue weighted by Crippen LogP contribution is 2.17. The first-order valence-corrected chi connectivity index (χ1v) is 5.83. The van der Waals surface area contributed by atoms with Crippen molar-refractivity contribution in [3.63, 3.8) is 0 Å². The third kappa shape index (κ3) is 2.74. The molecule has 2 amide bonds. The van der Waals surface area contributed by atoms with E-state index in [0.29, 0.717) is 12.4 Å². The summed E-state index contributed by atoms with van der Waals surface area (Å²) in [5, 5.41) is 11.9. The second kappa shape index (κ2) is 5.14. The minimum atomic E-state index is -0.181. The van der Waals surface area contributed by atoms with Gasteiger partial charge in [-0.1, -0.05) is 6.07 Å². The highest BCUT2D eigenvalue weighted by atomic mass is 16.3. The van der Waals surface area contributed by atoms with Gasteiger partial charge in [0.1, 0.15) is 5.82 Å². The van der Waals surface area contributed by atoms with Crippen molar-refractivity contribution in [2.24, 2.45) is 0 Å². The average molecular weight is 235 g/mol. The maximum atomic E-state index is 12.0. The van der Waals surface area contributed by atoms with Crippen LogP contribution in [-0.2, 0) is 0 Å². The Labute approximate surface area is 100 Å². The van der Waals surface area contributed by atoms with Gasteiger partial charge < -0.3 is 10.0 Å². The fourth-order valence-electron chi connectivity index (χ4n) is 2.09. The molecule has 5 nitrogen and oxygen atoms in total. The number of nitrogens with one attached hydrogen (secondary N) is 1. The van der Waals surface area contributed by atoms with Gasteiger partial charge in [0.15, 0.2) is 0 Å². The van der Waals surface area contributed by atoms with E-state index in [2.05, 4.69) is 10.3 Å². The first-order valence-electron chi connectivity index (χ1n) is 5.83. The first kappa shape index (κ1) is 11.9. The Bertz CT molecular complexity index is 408. The number of carbonyl (C=O) groups excluding carboxylic acids is 1. The van der Waals surface area contributed by atoms with Crippen LogP contribution in [0.3, 0.4) is 0 Å². The van der Waals surface area contributed by atoms with Crippen LogP contribution >= 0.6 is 0 Å². The van der Waals surface area contributed by atoms with Gasteiger partial charge in [0.25, 0.3) is 0 Å². The molecule has 0 unspecified atom stereocenters. The maximum absolute atomic E-state index is 12.0. The number of aryl methyl sites for hydroxylation is 1. The molecule has 1 aliphatic heterocycles. The molecule has 0 radical (unpaired) electrons. The fourth-order valence-corrected chi connectivity index (χ4v) is 2.09. The van der Waals surface area contributed by atoms with Gasteiger partial charge in [-0.25, -0.2) is 9.78 Å². The molecule has 92 valence electrons. The number of aromatic nitrogens is 1. The molecule has 17 heavy (non-hydrogen) atoms. The molecular formula is C12H17N3O2. The van der Waals surface area contributed by atoms with Gasteiger partial charge in [-0.3, -0.25) is 5.32 Å². The van der Waals surface area contributed by atoms with Crippen molar-refractivity contribution in [1.82, 2.24) is 9.88 Å². The van der Waals surface area contributed by atoms with Gasteiger partial charge in [-0.05, 0) is 31.9 Å². The Morgan fingerprint density at radius 1 is 1.65 bits per heavy atom. The molecular weight excluding hydrogens is 218 g/mol. The van der Waals surface area contributed by atoms with Gasteiger partial charge in [-0.15, -0.1) is 0 Å². The van der Waals surface area contributed by atoms with Crippen molar-refractivity contribution in [1.29, 1.82) is 0 Å². The average Bonchev–Trinajstić information content (AvgIpc) is 2.77. The van der Waals surface area contributed by atoms with Crippen LogP contribution in [0, 0.1) is 6.92 Å². The van der Waals surface area contributed by atoms with Gasteiger partial charge in [0.05, 0.1) is 12.6 Å². The van der Waals surface area contributed by atoms with E-state index < -0.39 is 0 Å². The minimum absolute atomic E-state index is 0.0225. The Hall–Kier alpha value is -1.62. The van der Waals surface area contributed by atoms with E-state index in [1.807, 2.05) is 19.1 Å². The van der Waals surface area contributed by atoms with Crippen molar-refractivity contribution < 1.29 is 9.90 Å². The van der Waals surface area contributed by atoms with Gasteiger partial charge in [0.2, 0.25) is 0 Å². The highest BCUT2D eigenvalue weighted by molar-refractivity contribution is 5.88. The Morgan fingerprint density at radius 3 is 3.18 bits per heavy atom. The van der Waals surface area contributed by atoms with Crippen LogP contribution < -0.4 is 5.32 Å². The summed E-state index contributed by atoms with van der Waals surface area (Å²) in [5.41, 5.74) is 0.864. The quantitative estimate of drug-likeness (QED) is 0.813. The predicted molar refractivity (Wildman–Crippen MR) is 64.8 cm³/mol. The van der Waals surface area contributed by atoms with Crippen LogP contribution in [0.4, 0.5) is 10.6 Å². The molecule has 5 heteroatoms. The number of hydrogen-bond acceptors (Lipinski definition) is 3. The van der Waals surface area contributed by atoms with E-state index in [-0.39, 0.29) is 18.7 Å². The third-order valence-corrected chi connectivity index (χ3v) is 2.97. The molecule has 1 saturated heterocycles. The zero-order valence-corrected chi connectivity index (χ0v) is 9.89. The van der Waals surface area contributed by atoms with Crippen LogP contribution in [0.2, 0.25) is 0 Å². The van der Waals surface area contributed by atoms with E-state index in [4.69, 9.17) is 5.11 Å². The number of likely N-dealkylation sites (tertiary alicyclic amines) is 1. The SMILES string of the molecule is Cc1cccc(NC(=O)N2CCC[C@H]2CO)n1. The molecule has 2 N–H and O–H groups in total. The van der Waals surface area contributed by atoms with Crippen molar-refractivity contribution in [3.8, 4) is 0 Å². The molecule has 1 fully saturated rings. The molecule has 0 aromatic carbocycles. The smallest absolute Gasteiger partial charge is 0.323 e. The lowest BCUT2D eigenvalue weighted by atomic mass is 10.2. The maximum Gasteiger partial charge on any atom is 0.323 e. The Morgan fingerprint density at radius 2 is 2.47 bits per heavy atom. The number of pyridine rings is 1. The number of carbonyl (C=O) groups is 1. The normalized spacial score (nSPS) is 19.4. The van der Waals surface area contributed by atoms with Crippen molar-refractivity contribution in [2.45, 2.75) is 25.8 Å². The molecule has 2 heterocycles. The summed E-state index contributed by atoms with van der Waals surface area (Å²) in [6.07, 6.45) is 1.81. The van der Waals surface area contributed by atoms with Crippen LogP contribution in [-0.4, -0.2) is 40.2 Å². The number of nitrogens with zero attached hydrogens (tertiary/aromatic N) is 2. The van der Waals surface area contributed by atoms with Crippen LogP contribution in [0.1, 0.15) is 18.5 Å². The summed E-state index contributed by atoms with van der Waals surface area (Å²) in [6.45, 7) is 2.60. The van der Waals surface area contributed by atoms with Gasteiger partial charge in [-0.2, -0.15) is 0 Å². The van der Waals surface area contributed by atoms with Gasteiger partial charge in [0, 0.05) is 12.2 Å². The lowest BCUT2D eigenvalue weighted by Crippen LogP contribution is -2.40. The monoisotopic (exact) mass is 235 g/mol. The van der Waals surface area contributed by atoms with E-state index >= 15 is 0 Å².